The van der Waals surface area contributed by atoms with E-state index < -0.39 is 0 Å². The summed E-state index contributed by atoms with van der Waals surface area (Å²) >= 11 is 0. The lowest BCUT2D eigenvalue weighted by molar-refractivity contribution is -0.231. The van der Waals surface area contributed by atoms with E-state index in [2.05, 4.69) is 20.1 Å². The molecule has 0 amide bonds. The zero-order valence-corrected chi connectivity index (χ0v) is 10.6. The van der Waals surface area contributed by atoms with Crippen molar-refractivity contribution in [1.29, 1.82) is 0 Å². The summed E-state index contributed by atoms with van der Waals surface area (Å²) in [6.07, 6.45) is 7.31. The highest BCUT2D eigenvalue weighted by molar-refractivity contribution is 4.80. The summed E-state index contributed by atoms with van der Waals surface area (Å²) in [5.74, 6) is 0.539. The number of hydrogen-bond donors (Lipinski definition) is 0. The maximum absolute atomic E-state index is 5.48. The van der Waals surface area contributed by atoms with Crippen molar-refractivity contribution in [2.24, 2.45) is 5.92 Å². The molecule has 90 valence electrons. The SMILES string of the molecule is C=C.CCC[C@@H]1CCCC(OC)(OC)C1. The van der Waals surface area contributed by atoms with Crippen LogP contribution in [0.1, 0.15) is 45.4 Å². The molecule has 0 N–H and O–H groups in total. The Morgan fingerprint density at radius 1 is 1.27 bits per heavy atom. The van der Waals surface area contributed by atoms with Crippen LogP contribution in [0.2, 0.25) is 0 Å². The second-order valence-corrected chi connectivity index (χ2v) is 4.07. The highest BCUT2D eigenvalue weighted by Gasteiger charge is 2.35. The van der Waals surface area contributed by atoms with Crippen molar-refractivity contribution in [2.75, 3.05) is 14.2 Å². The van der Waals surface area contributed by atoms with Crippen LogP contribution in [0.5, 0.6) is 0 Å². The van der Waals surface area contributed by atoms with E-state index in [-0.39, 0.29) is 5.79 Å². The Hall–Kier alpha value is -0.340. The van der Waals surface area contributed by atoms with E-state index in [0.717, 1.165) is 18.8 Å². The van der Waals surface area contributed by atoms with Gasteiger partial charge in [0.15, 0.2) is 5.79 Å². The molecule has 0 heterocycles. The second kappa shape index (κ2) is 7.89. The first kappa shape index (κ1) is 14.7. The third kappa shape index (κ3) is 4.35. The molecule has 2 heteroatoms. The maximum atomic E-state index is 5.48. The summed E-state index contributed by atoms with van der Waals surface area (Å²) in [5.41, 5.74) is 0. The quantitative estimate of drug-likeness (QED) is 0.524. The van der Waals surface area contributed by atoms with Gasteiger partial charge in [0.25, 0.3) is 0 Å². The number of methoxy groups -OCH3 is 2. The van der Waals surface area contributed by atoms with Crippen LogP contribution >= 0.6 is 0 Å². The minimum absolute atomic E-state index is 0.266. The maximum Gasteiger partial charge on any atom is 0.167 e. The molecule has 1 rings (SSSR count). The van der Waals surface area contributed by atoms with Crippen molar-refractivity contribution < 1.29 is 9.47 Å². The Balaban J connectivity index is 0.000000921. The van der Waals surface area contributed by atoms with Gasteiger partial charge >= 0.3 is 0 Å². The lowest BCUT2D eigenvalue weighted by Crippen LogP contribution is -2.39. The van der Waals surface area contributed by atoms with Gasteiger partial charge in [-0.3, -0.25) is 0 Å². The molecule has 15 heavy (non-hydrogen) atoms. The molecule has 1 aliphatic rings. The molecule has 1 aliphatic carbocycles. The Labute approximate surface area is 94.7 Å². The van der Waals surface area contributed by atoms with Crippen molar-refractivity contribution >= 4 is 0 Å². The van der Waals surface area contributed by atoms with Gasteiger partial charge in [0.1, 0.15) is 0 Å². The van der Waals surface area contributed by atoms with Gasteiger partial charge in [-0.25, -0.2) is 0 Å². The van der Waals surface area contributed by atoms with Crippen LogP contribution in [-0.4, -0.2) is 20.0 Å². The molecule has 0 aromatic heterocycles. The normalized spacial score (nSPS) is 24.1. The fourth-order valence-electron chi connectivity index (χ4n) is 2.41. The van der Waals surface area contributed by atoms with Crippen molar-refractivity contribution in [3.63, 3.8) is 0 Å². The van der Waals surface area contributed by atoms with E-state index in [1.54, 1.807) is 14.2 Å². The van der Waals surface area contributed by atoms with Crippen LogP contribution in [0.15, 0.2) is 13.2 Å². The van der Waals surface area contributed by atoms with Crippen molar-refractivity contribution in [1.82, 2.24) is 0 Å². The average molecular weight is 214 g/mol. The van der Waals surface area contributed by atoms with E-state index in [0.29, 0.717) is 0 Å². The Morgan fingerprint density at radius 2 is 1.87 bits per heavy atom. The summed E-state index contributed by atoms with van der Waals surface area (Å²) in [6.45, 7) is 8.25. The van der Waals surface area contributed by atoms with Crippen LogP contribution in [0.4, 0.5) is 0 Å². The molecule has 0 aliphatic heterocycles. The summed E-state index contributed by atoms with van der Waals surface area (Å²) in [4.78, 5) is 0. The second-order valence-electron chi connectivity index (χ2n) is 4.07. The smallest absolute Gasteiger partial charge is 0.167 e. The van der Waals surface area contributed by atoms with Gasteiger partial charge in [-0.1, -0.05) is 26.2 Å². The molecular weight excluding hydrogens is 188 g/mol. The lowest BCUT2D eigenvalue weighted by atomic mass is 9.82. The van der Waals surface area contributed by atoms with Crippen molar-refractivity contribution in [3.05, 3.63) is 13.2 Å². The molecule has 1 atom stereocenters. The molecule has 0 spiro atoms. The molecule has 1 fully saturated rings. The van der Waals surface area contributed by atoms with E-state index in [9.17, 15) is 0 Å². The van der Waals surface area contributed by atoms with E-state index >= 15 is 0 Å². The molecule has 0 saturated heterocycles. The highest BCUT2D eigenvalue weighted by atomic mass is 16.7. The van der Waals surface area contributed by atoms with Gasteiger partial charge in [0, 0.05) is 27.1 Å². The predicted octanol–water partition coefficient (Wildman–Crippen LogP) is 3.77. The zero-order valence-electron chi connectivity index (χ0n) is 10.6. The number of ether oxygens (including phenoxy) is 2. The van der Waals surface area contributed by atoms with Crippen molar-refractivity contribution in [2.45, 2.75) is 51.2 Å². The average Bonchev–Trinajstić information content (AvgIpc) is 2.32. The largest absolute Gasteiger partial charge is 0.353 e. The summed E-state index contributed by atoms with van der Waals surface area (Å²) in [7, 11) is 3.52. The molecule has 0 radical (unpaired) electrons. The first-order chi connectivity index (χ1) is 7.26. The molecule has 0 unspecified atom stereocenters. The van der Waals surface area contributed by atoms with Crippen molar-refractivity contribution in [3.8, 4) is 0 Å². The fraction of sp³-hybridized carbons (Fsp3) is 0.846. The molecule has 2 nitrogen and oxygen atoms in total. The zero-order chi connectivity index (χ0) is 11.7. The predicted molar refractivity (Wildman–Crippen MR) is 64.9 cm³/mol. The van der Waals surface area contributed by atoms with Crippen LogP contribution in [0.3, 0.4) is 0 Å². The minimum Gasteiger partial charge on any atom is -0.353 e. The standard InChI is InChI=1S/C11H22O2.C2H4/c1-4-6-10-7-5-8-11(9-10,12-2)13-3;1-2/h10H,4-9H2,1-3H3;1-2H2/t10-;/m1./s1. The van der Waals surface area contributed by atoms with E-state index in [1.165, 1.54) is 25.7 Å². The summed E-state index contributed by atoms with van der Waals surface area (Å²) < 4.78 is 11.0. The van der Waals surface area contributed by atoms with Gasteiger partial charge in [-0.05, 0) is 12.3 Å². The lowest BCUT2D eigenvalue weighted by Gasteiger charge is -2.38. The topological polar surface area (TPSA) is 18.5 Å². The van der Waals surface area contributed by atoms with Crippen LogP contribution in [0, 0.1) is 5.92 Å². The molecule has 0 aromatic rings. The third-order valence-electron chi connectivity index (χ3n) is 3.21. The van der Waals surface area contributed by atoms with Gasteiger partial charge in [-0.15, -0.1) is 13.2 Å². The van der Waals surface area contributed by atoms with Crippen LogP contribution < -0.4 is 0 Å². The first-order valence-corrected chi connectivity index (χ1v) is 5.86. The van der Waals surface area contributed by atoms with Crippen LogP contribution in [-0.2, 0) is 9.47 Å². The Morgan fingerprint density at radius 3 is 2.33 bits per heavy atom. The highest BCUT2D eigenvalue weighted by Crippen LogP contribution is 2.37. The molecule has 0 aromatic carbocycles. The van der Waals surface area contributed by atoms with Gasteiger partial charge in [0.2, 0.25) is 0 Å². The van der Waals surface area contributed by atoms with Gasteiger partial charge < -0.3 is 9.47 Å². The van der Waals surface area contributed by atoms with Gasteiger partial charge in [-0.2, -0.15) is 0 Å². The van der Waals surface area contributed by atoms with E-state index in [1.807, 2.05) is 0 Å². The van der Waals surface area contributed by atoms with Crippen LogP contribution in [0.25, 0.3) is 0 Å². The number of hydrogen-bond acceptors (Lipinski definition) is 2. The third-order valence-corrected chi connectivity index (χ3v) is 3.21. The molecule has 1 saturated carbocycles. The molecular formula is C13H26O2. The summed E-state index contributed by atoms with van der Waals surface area (Å²) in [5, 5.41) is 0. The molecule has 0 bridgehead atoms. The first-order valence-electron chi connectivity index (χ1n) is 5.86. The monoisotopic (exact) mass is 214 g/mol. The Bertz CT molecular complexity index is 151. The van der Waals surface area contributed by atoms with E-state index in [4.69, 9.17) is 9.47 Å². The van der Waals surface area contributed by atoms with Gasteiger partial charge in [0.05, 0.1) is 0 Å². The number of rotatable bonds is 4. The Kier molecular flexibility index (Phi) is 7.71. The summed E-state index contributed by atoms with van der Waals surface area (Å²) in [6, 6.07) is 0. The minimum atomic E-state index is -0.266. The fourth-order valence-corrected chi connectivity index (χ4v) is 2.41.